The minimum Gasteiger partial charge on any atom is -0.399 e. The van der Waals surface area contributed by atoms with Crippen molar-refractivity contribution in [1.82, 2.24) is 25.1 Å². The molecule has 3 aromatic carbocycles. The van der Waals surface area contributed by atoms with E-state index < -0.39 is 12.2 Å². The summed E-state index contributed by atoms with van der Waals surface area (Å²) in [5.41, 5.74) is 15.9. The minimum atomic E-state index is -0.757. The van der Waals surface area contributed by atoms with Gasteiger partial charge in [0.05, 0.1) is 18.8 Å². The van der Waals surface area contributed by atoms with Crippen LogP contribution in [0.5, 0.6) is 0 Å². The summed E-state index contributed by atoms with van der Waals surface area (Å²) in [5.74, 6) is -0.380. The molecule has 2 atom stereocenters. The number of carbonyl (C=O) groups is 3. The Morgan fingerprint density at radius 2 is 1.72 bits per heavy atom. The number of hydrazine groups is 1. The molecule has 0 radical (unpaired) electrons. The Kier molecular flexibility index (Phi) is 9.17. The lowest BCUT2D eigenvalue weighted by Crippen LogP contribution is -2.65. The molecule has 2 saturated heterocycles. The van der Waals surface area contributed by atoms with Crippen molar-refractivity contribution in [2.75, 3.05) is 32.1 Å². The molecule has 2 heterocycles. The molecule has 11 nitrogen and oxygen atoms in total. The molecule has 0 aliphatic carbocycles. The Morgan fingerprint density at radius 3 is 2.44 bits per heavy atom. The normalized spacial score (nSPS) is 19.0. The number of nitrogens with zero attached hydrogens (tertiary/aromatic N) is 5. The van der Waals surface area contributed by atoms with E-state index in [1.165, 1.54) is 16.8 Å². The average molecular weight is 601 g/mol. The molecule has 0 unspecified atom stereocenters. The van der Waals surface area contributed by atoms with Crippen LogP contribution < -0.4 is 16.8 Å². The summed E-state index contributed by atoms with van der Waals surface area (Å²) < 4.78 is 0. The number of nitrogen functional groups attached to an aromatic ring is 1. The first kappa shape index (κ1) is 29.9. The number of hydrogen-bond donors (Lipinski definition) is 3. The molecular formula is C31H36N8O3S. The Morgan fingerprint density at radius 1 is 1.02 bits per heavy atom. The van der Waals surface area contributed by atoms with E-state index in [2.05, 4.69) is 10.3 Å². The molecule has 3 aromatic rings. The molecule has 0 saturated carbocycles. The maximum atomic E-state index is 14.1. The fourth-order valence-corrected chi connectivity index (χ4v) is 5.64. The molecular weight excluding hydrogens is 564 g/mol. The first-order valence-electron chi connectivity index (χ1n) is 14.0. The smallest absolute Gasteiger partial charge is 0.332 e. The minimum absolute atomic E-state index is 0.0234. The van der Waals surface area contributed by atoms with E-state index in [1.807, 2.05) is 73.0 Å². The second kappa shape index (κ2) is 13.2. The summed E-state index contributed by atoms with van der Waals surface area (Å²) in [7, 11) is 1.64. The fourth-order valence-electron chi connectivity index (χ4n) is 5.46. The van der Waals surface area contributed by atoms with Crippen LogP contribution in [0.25, 0.3) is 0 Å². The molecule has 4 amide bonds. The highest BCUT2D eigenvalue weighted by Crippen LogP contribution is 2.31. The van der Waals surface area contributed by atoms with Gasteiger partial charge >= 0.3 is 6.03 Å². The Balaban J connectivity index is 1.42. The molecule has 43 heavy (non-hydrogen) atoms. The van der Waals surface area contributed by atoms with Gasteiger partial charge in [0.1, 0.15) is 12.2 Å². The standard InChI is InChI=1S/C31H36N8O3S/c1-36(31(42)34-17-22-8-4-3-5-9-22)38-20-28(40)39-26(16-21-12-14-24(32)15-13-21)29(41)37(19-27(38)39)18-23-10-6-7-11-25(23)35-30(33)43-2/h3-15,26-27H,16-20,32H2,1-2H3,(H2,33,35)(H,34,42)/t26-,27+/m0/s1. The SMILES string of the molecule is CS/C(N)=N\c1ccccc1CN1C[C@H]2N(C(=O)CN2N(C)C(=O)NCc2ccccc2)[C@@H](Cc2ccc(N)cc2)C1=O. The van der Waals surface area contributed by atoms with E-state index in [1.54, 1.807) is 34.0 Å². The zero-order chi connectivity index (χ0) is 30.5. The van der Waals surface area contributed by atoms with Crippen molar-refractivity contribution in [3.8, 4) is 0 Å². The zero-order valence-corrected chi connectivity index (χ0v) is 25.0. The number of rotatable bonds is 8. The fraction of sp³-hybridized carbons (Fsp3) is 0.290. The Bertz CT molecular complexity index is 1500. The van der Waals surface area contributed by atoms with E-state index >= 15 is 0 Å². The van der Waals surface area contributed by atoms with Gasteiger partial charge in [0.25, 0.3) is 0 Å². The maximum absolute atomic E-state index is 14.1. The van der Waals surface area contributed by atoms with Crippen LogP contribution in [0.4, 0.5) is 16.2 Å². The highest BCUT2D eigenvalue weighted by atomic mass is 32.2. The average Bonchev–Trinajstić information content (AvgIpc) is 3.35. The highest BCUT2D eigenvalue weighted by Gasteiger charge is 2.51. The number of amides is 4. The summed E-state index contributed by atoms with van der Waals surface area (Å²) in [6.07, 6.45) is 1.63. The van der Waals surface area contributed by atoms with Crippen LogP contribution in [0, 0.1) is 0 Å². The number of nitrogens with one attached hydrogen (secondary N) is 1. The van der Waals surface area contributed by atoms with Gasteiger partial charge < -0.3 is 26.6 Å². The summed E-state index contributed by atoms with van der Waals surface area (Å²) in [6, 6.07) is 23.4. The van der Waals surface area contributed by atoms with E-state index in [4.69, 9.17) is 11.5 Å². The van der Waals surface area contributed by atoms with Gasteiger partial charge in [-0.05, 0) is 41.1 Å². The lowest BCUT2D eigenvalue weighted by molar-refractivity contribution is -0.157. The van der Waals surface area contributed by atoms with Crippen molar-refractivity contribution in [1.29, 1.82) is 0 Å². The highest BCUT2D eigenvalue weighted by molar-refractivity contribution is 8.13. The number of aliphatic imine (C=N–C) groups is 1. The quantitative estimate of drug-likeness (QED) is 0.205. The van der Waals surface area contributed by atoms with E-state index in [0.717, 1.165) is 16.7 Å². The zero-order valence-electron chi connectivity index (χ0n) is 24.2. The number of nitrogens with two attached hydrogens (primary N) is 2. The number of anilines is 1. The van der Waals surface area contributed by atoms with Gasteiger partial charge in [-0.3, -0.25) is 14.6 Å². The van der Waals surface area contributed by atoms with Crippen molar-refractivity contribution in [3.05, 3.63) is 95.6 Å². The van der Waals surface area contributed by atoms with Crippen molar-refractivity contribution >= 4 is 46.1 Å². The van der Waals surface area contributed by atoms with Crippen LogP contribution in [0.2, 0.25) is 0 Å². The number of amidine groups is 1. The largest absolute Gasteiger partial charge is 0.399 e. The van der Waals surface area contributed by atoms with Gasteiger partial charge in [0, 0.05) is 32.2 Å². The van der Waals surface area contributed by atoms with Gasteiger partial charge in [-0.1, -0.05) is 72.4 Å². The predicted octanol–water partition coefficient (Wildman–Crippen LogP) is 2.76. The summed E-state index contributed by atoms with van der Waals surface area (Å²) in [6.45, 7) is 0.815. The van der Waals surface area contributed by atoms with Gasteiger partial charge in [-0.2, -0.15) is 5.01 Å². The monoisotopic (exact) mass is 600 g/mol. The number of urea groups is 1. The van der Waals surface area contributed by atoms with E-state index in [9.17, 15) is 14.4 Å². The van der Waals surface area contributed by atoms with Gasteiger partial charge in [-0.25, -0.2) is 9.79 Å². The van der Waals surface area contributed by atoms with Crippen LogP contribution in [0.1, 0.15) is 16.7 Å². The molecule has 0 bridgehead atoms. The number of para-hydroxylation sites is 1. The second-order valence-electron chi connectivity index (χ2n) is 10.5. The van der Waals surface area contributed by atoms with E-state index in [-0.39, 0.29) is 37.5 Å². The van der Waals surface area contributed by atoms with Gasteiger partial charge in [-0.15, -0.1) is 0 Å². The van der Waals surface area contributed by atoms with Gasteiger partial charge in [0.2, 0.25) is 11.8 Å². The van der Waals surface area contributed by atoms with Gasteiger partial charge in [0.15, 0.2) is 5.17 Å². The molecule has 2 fully saturated rings. The van der Waals surface area contributed by atoms with Crippen molar-refractivity contribution in [2.45, 2.75) is 31.7 Å². The molecule has 5 N–H and O–H groups in total. The Labute approximate surface area is 255 Å². The first-order valence-corrected chi connectivity index (χ1v) is 15.2. The number of thioether (sulfide) groups is 1. The molecule has 2 aliphatic rings. The first-order chi connectivity index (χ1) is 20.7. The lowest BCUT2D eigenvalue weighted by atomic mass is 9.99. The predicted molar refractivity (Wildman–Crippen MR) is 169 cm³/mol. The van der Waals surface area contributed by atoms with Crippen LogP contribution in [-0.4, -0.2) is 81.4 Å². The van der Waals surface area contributed by atoms with E-state index in [0.29, 0.717) is 29.5 Å². The third-order valence-corrected chi connectivity index (χ3v) is 8.24. The molecule has 5 rings (SSSR count). The number of benzene rings is 3. The molecule has 224 valence electrons. The Hall–Kier alpha value is -4.55. The molecule has 0 spiro atoms. The molecule has 0 aromatic heterocycles. The summed E-state index contributed by atoms with van der Waals surface area (Å²) in [5, 5.41) is 6.52. The second-order valence-corrected chi connectivity index (χ2v) is 11.3. The number of carbonyl (C=O) groups excluding carboxylic acids is 3. The third-order valence-electron chi connectivity index (χ3n) is 7.73. The van der Waals surface area contributed by atoms with Crippen LogP contribution >= 0.6 is 11.8 Å². The number of fused-ring (bicyclic) bond motifs is 1. The number of piperazine rings is 1. The van der Waals surface area contributed by atoms with Crippen molar-refractivity contribution in [2.24, 2.45) is 10.7 Å². The third kappa shape index (κ3) is 6.76. The van der Waals surface area contributed by atoms with Crippen LogP contribution in [0.3, 0.4) is 0 Å². The topological polar surface area (TPSA) is 141 Å². The van der Waals surface area contributed by atoms with Crippen molar-refractivity contribution < 1.29 is 14.4 Å². The van der Waals surface area contributed by atoms with Crippen LogP contribution in [-0.2, 0) is 29.1 Å². The number of hydrogen-bond acceptors (Lipinski definition) is 7. The molecule has 12 heteroatoms. The summed E-state index contributed by atoms with van der Waals surface area (Å²) >= 11 is 1.34. The maximum Gasteiger partial charge on any atom is 0.332 e. The van der Waals surface area contributed by atoms with Crippen molar-refractivity contribution in [3.63, 3.8) is 0 Å². The van der Waals surface area contributed by atoms with Crippen LogP contribution in [0.15, 0.2) is 83.9 Å². The summed E-state index contributed by atoms with van der Waals surface area (Å²) in [4.78, 5) is 48.7. The lowest BCUT2D eigenvalue weighted by Gasteiger charge is -2.45. The molecule has 2 aliphatic heterocycles.